The van der Waals surface area contributed by atoms with Crippen LogP contribution in [-0.4, -0.2) is 41.4 Å². The predicted molar refractivity (Wildman–Crippen MR) is 58.0 cm³/mol. The molecule has 0 radical (unpaired) electrons. The minimum atomic E-state index is -0.0246. The van der Waals surface area contributed by atoms with Gasteiger partial charge in [0.25, 0.3) is 0 Å². The second kappa shape index (κ2) is 3.99. The number of aliphatic hydroxyl groups excluding tert-OH is 1. The van der Waals surface area contributed by atoms with Crippen LogP contribution in [0.25, 0.3) is 0 Å². The summed E-state index contributed by atoms with van der Waals surface area (Å²) in [5, 5.41) is 9.00. The third-order valence-corrected chi connectivity index (χ3v) is 3.39. The Morgan fingerprint density at radius 1 is 1.38 bits per heavy atom. The second-order valence-corrected chi connectivity index (χ2v) is 4.47. The Hall–Kier alpha value is -1.20. The van der Waals surface area contributed by atoms with Crippen LogP contribution in [0, 0.1) is 11.8 Å². The molecular formula is C11H15N3O2. The smallest absolute Gasteiger partial charge is 0.225 e. The maximum atomic E-state index is 9.00. The minimum Gasteiger partial charge on any atom is -0.390 e. The van der Waals surface area contributed by atoms with Crippen molar-refractivity contribution >= 4 is 5.95 Å². The van der Waals surface area contributed by atoms with Gasteiger partial charge in [-0.3, -0.25) is 0 Å². The first-order chi connectivity index (χ1) is 7.86. The summed E-state index contributed by atoms with van der Waals surface area (Å²) in [4.78, 5) is 10.7. The maximum absolute atomic E-state index is 9.00. The molecule has 1 N–H and O–H groups in total. The molecule has 0 atom stereocenters. The summed E-state index contributed by atoms with van der Waals surface area (Å²) in [6, 6.07) is 1.74. The first kappa shape index (κ1) is 9.99. The Morgan fingerprint density at radius 2 is 2.19 bits per heavy atom. The van der Waals surface area contributed by atoms with Gasteiger partial charge in [-0.25, -0.2) is 9.97 Å². The van der Waals surface area contributed by atoms with Crippen LogP contribution in [-0.2, 0) is 11.3 Å². The first-order valence-electron chi connectivity index (χ1n) is 5.62. The van der Waals surface area contributed by atoms with Gasteiger partial charge in [0.2, 0.25) is 5.95 Å². The van der Waals surface area contributed by atoms with E-state index in [0.29, 0.717) is 5.69 Å². The summed E-state index contributed by atoms with van der Waals surface area (Å²) in [7, 11) is 0. The van der Waals surface area contributed by atoms with Crippen molar-refractivity contribution in [3.8, 4) is 0 Å². The molecule has 16 heavy (non-hydrogen) atoms. The van der Waals surface area contributed by atoms with Gasteiger partial charge in [-0.2, -0.15) is 0 Å². The molecule has 5 heteroatoms. The fourth-order valence-corrected chi connectivity index (χ4v) is 2.13. The molecule has 3 rings (SSSR count). The zero-order chi connectivity index (χ0) is 11.0. The number of aromatic nitrogens is 2. The van der Waals surface area contributed by atoms with Crippen LogP contribution in [0.4, 0.5) is 5.95 Å². The van der Waals surface area contributed by atoms with Crippen molar-refractivity contribution < 1.29 is 9.84 Å². The minimum absolute atomic E-state index is 0.0246. The van der Waals surface area contributed by atoms with Crippen molar-refractivity contribution in [3.05, 3.63) is 18.0 Å². The SMILES string of the molecule is OCc1ccnc(N2CC(C3COC3)C2)n1. The van der Waals surface area contributed by atoms with E-state index in [9.17, 15) is 0 Å². The zero-order valence-electron chi connectivity index (χ0n) is 9.04. The molecule has 1 aromatic heterocycles. The molecule has 0 aromatic carbocycles. The van der Waals surface area contributed by atoms with E-state index in [4.69, 9.17) is 9.84 Å². The molecule has 0 bridgehead atoms. The fraction of sp³-hybridized carbons (Fsp3) is 0.636. The average Bonchev–Trinajstić information content (AvgIpc) is 2.20. The van der Waals surface area contributed by atoms with Crippen LogP contribution in [0.1, 0.15) is 5.69 Å². The van der Waals surface area contributed by atoms with E-state index in [2.05, 4.69) is 14.9 Å². The Morgan fingerprint density at radius 3 is 2.81 bits per heavy atom. The first-order valence-corrected chi connectivity index (χ1v) is 5.62. The molecule has 1 aromatic rings. The normalized spacial score (nSPS) is 21.7. The van der Waals surface area contributed by atoms with E-state index >= 15 is 0 Å². The summed E-state index contributed by atoms with van der Waals surface area (Å²) >= 11 is 0. The maximum Gasteiger partial charge on any atom is 0.225 e. The van der Waals surface area contributed by atoms with Gasteiger partial charge in [-0.15, -0.1) is 0 Å². The molecular weight excluding hydrogens is 206 g/mol. The van der Waals surface area contributed by atoms with Crippen LogP contribution in [0.15, 0.2) is 12.3 Å². The van der Waals surface area contributed by atoms with Crippen LogP contribution < -0.4 is 4.90 Å². The van der Waals surface area contributed by atoms with Crippen molar-refractivity contribution in [2.75, 3.05) is 31.2 Å². The Balaban J connectivity index is 1.62. The van der Waals surface area contributed by atoms with Gasteiger partial charge in [0, 0.05) is 31.1 Å². The van der Waals surface area contributed by atoms with E-state index < -0.39 is 0 Å². The van der Waals surface area contributed by atoms with Gasteiger partial charge in [0.1, 0.15) is 0 Å². The molecule has 0 unspecified atom stereocenters. The van der Waals surface area contributed by atoms with Crippen molar-refractivity contribution in [3.63, 3.8) is 0 Å². The summed E-state index contributed by atoms with van der Waals surface area (Å²) in [6.07, 6.45) is 1.70. The number of anilines is 1. The highest BCUT2D eigenvalue weighted by atomic mass is 16.5. The zero-order valence-corrected chi connectivity index (χ0v) is 9.04. The van der Waals surface area contributed by atoms with Crippen molar-refractivity contribution in [2.24, 2.45) is 11.8 Å². The molecule has 0 amide bonds. The fourth-order valence-electron chi connectivity index (χ4n) is 2.13. The molecule has 5 nitrogen and oxygen atoms in total. The van der Waals surface area contributed by atoms with E-state index in [1.807, 2.05) is 0 Å². The molecule has 2 aliphatic rings. The number of rotatable bonds is 3. The Labute approximate surface area is 94.1 Å². The Bertz CT molecular complexity index is 375. The lowest BCUT2D eigenvalue weighted by Gasteiger charge is -2.46. The number of hydrogen-bond donors (Lipinski definition) is 1. The quantitative estimate of drug-likeness (QED) is 0.781. The van der Waals surface area contributed by atoms with Gasteiger partial charge in [0.15, 0.2) is 0 Å². The molecule has 2 aliphatic heterocycles. The summed E-state index contributed by atoms with van der Waals surface area (Å²) in [5.41, 5.74) is 0.681. The topological polar surface area (TPSA) is 58.5 Å². The summed E-state index contributed by atoms with van der Waals surface area (Å²) in [5.74, 6) is 2.20. The highest BCUT2D eigenvalue weighted by Gasteiger charge is 2.38. The molecule has 0 saturated carbocycles. The third kappa shape index (κ3) is 1.66. The lowest BCUT2D eigenvalue weighted by molar-refractivity contribution is -0.0661. The van der Waals surface area contributed by atoms with Gasteiger partial charge in [-0.1, -0.05) is 0 Å². The third-order valence-electron chi connectivity index (χ3n) is 3.39. The van der Waals surface area contributed by atoms with E-state index in [1.54, 1.807) is 12.3 Å². The van der Waals surface area contributed by atoms with Crippen molar-refractivity contribution in [1.29, 1.82) is 0 Å². The number of aliphatic hydroxyl groups is 1. The van der Waals surface area contributed by atoms with Crippen LogP contribution in [0.3, 0.4) is 0 Å². The number of hydrogen-bond acceptors (Lipinski definition) is 5. The largest absolute Gasteiger partial charge is 0.390 e. The molecule has 86 valence electrons. The van der Waals surface area contributed by atoms with Crippen LogP contribution in [0.2, 0.25) is 0 Å². The van der Waals surface area contributed by atoms with Gasteiger partial charge < -0.3 is 14.7 Å². The number of ether oxygens (including phenoxy) is 1. The van der Waals surface area contributed by atoms with Crippen molar-refractivity contribution in [1.82, 2.24) is 9.97 Å². The monoisotopic (exact) mass is 221 g/mol. The molecule has 0 spiro atoms. The van der Waals surface area contributed by atoms with Crippen LogP contribution >= 0.6 is 0 Å². The summed E-state index contributed by atoms with van der Waals surface area (Å²) < 4.78 is 5.19. The second-order valence-electron chi connectivity index (χ2n) is 4.47. The van der Waals surface area contributed by atoms with Gasteiger partial charge in [-0.05, 0) is 6.07 Å². The lowest BCUT2D eigenvalue weighted by Crippen LogP contribution is -2.55. The van der Waals surface area contributed by atoms with E-state index in [0.717, 1.165) is 44.1 Å². The highest BCUT2D eigenvalue weighted by molar-refractivity contribution is 5.34. The van der Waals surface area contributed by atoms with Crippen LogP contribution in [0.5, 0.6) is 0 Å². The van der Waals surface area contributed by atoms with Gasteiger partial charge >= 0.3 is 0 Å². The molecule has 0 aliphatic carbocycles. The standard InChI is InChI=1S/C11H15N3O2/c15-5-10-1-2-12-11(13-10)14-3-8(4-14)9-6-16-7-9/h1-2,8-9,15H,3-7H2. The van der Waals surface area contributed by atoms with E-state index in [1.165, 1.54) is 0 Å². The molecule has 3 heterocycles. The average molecular weight is 221 g/mol. The number of nitrogens with zero attached hydrogens (tertiary/aromatic N) is 3. The van der Waals surface area contributed by atoms with Gasteiger partial charge in [0.05, 0.1) is 25.5 Å². The Kier molecular flexibility index (Phi) is 2.49. The molecule has 2 saturated heterocycles. The summed E-state index contributed by atoms with van der Waals surface area (Å²) in [6.45, 7) is 3.83. The molecule has 2 fully saturated rings. The lowest BCUT2D eigenvalue weighted by atomic mass is 9.85. The highest BCUT2D eigenvalue weighted by Crippen LogP contribution is 2.30. The van der Waals surface area contributed by atoms with E-state index in [-0.39, 0.29) is 6.61 Å². The predicted octanol–water partition coefficient (Wildman–Crippen LogP) is 0.0515. The van der Waals surface area contributed by atoms with Crippen molar-refractivity contribution in [2.45, 2.75) is 6.61 Å².